The van der Waals surface area contributed by atoms with Crippen LogP contribution in [0.5, 0.6) is 0 Å². The molecule has 104 valence electrons. The molecule has 2 nitrogen and oxygen atoms in total. The van der Waals surface area contributed by atoms with E-state index in [9.17, 15) is 0 Å². The highest BCUT2D eigenvalue weighted by molar-refractivity contribution is 4.73. The fraction of sp³-hybridized carbons (Fsp3) is 0.867. The second-order valence-corrected chi connectivity index (χ2v) is 4.71. The Hall–Kier alpha value is -0.340. The van der Waals surface area contributed by atoms with Crippen LogP contribution < -0.4 is 0 Å². The van der Waals surface area contributed by atoms with Crippen LogP contribution in [0.2, 0.25) is 0 Å². The number of likely N-dealkylation sites (tertiary alicyclic amines) is 1. The number of hydrogen-bond acceptors (Lipinski definition) is 2. The molecule has 0 aliphatic carbocycles. The molecule has 1 aliphatic rings. The maximum absolute atomic E-state index is 3.48. The molecule has 0 spiro atoms. The van der Waals surface area contributed by atoms with Crippen molar-refractivity contribution in [2.75, 3.05) is 40.8 Å². The summed E-state index contributed by atoms with van der Waals surface area (Å²) in [6.07, 6.45) is 5.74. The zero-order valence-electron chi connectivity index (χ0n) is 13.0. The van der Waals surface area contributed by atoms with Crippen LogP contribution in [0.3, 0.4) is 0 Å². The van der Waals surface area contributed by atoms with Crippen molar-refractivity contribution >= 4 is 0 Å². The minimum absolute atomic E-state index is 0.961. The van der Waals surface area contributed by atoms with Crippen molar-refractivity contribution in [1.82, 2.24) is 9.80 Å². The van der Waals surface area contributed by atoms with Crippen LogP contribution in [0, 0.1) is 5.92 Å². The molecule has 0 aromatic rings. The summed E-state index contributed by atoms with van der Waals surface area (Å²) >= 11 is 0. The van der Waals surface area contributed by atoms with Crippen LogP contribution in [0.15, 0.2) is 12.7 Å². The van der Waals surface area contributed by atoms with E-state index in [1.54, 1.807) is 0 Å². The van der Waals surface area contributed by atoms with Gasteiger partial charge in [0.05, 0.1) is 0 Å². The van der Waals surface area contributed by atoms with E-state index < -0.39 is 0 Å². The van der Waals surface area contributed by atoms with Crippen molar-refractivity contribution in [3.8, 4) is 0 Å². The Labute approximate surface area is 110 Å². The first-order valence-electron chi connectivity index (χ1n) is 7.04. The van der Waals surface area contributed by atoms with Crippen molar-refractivity contribution in [3.63, 3.8) is 0 Å². The van der Waals surface area contributed by atoms with Crippen molar-refractivity contribution in [3.05, 3.63) is 12.7 Å². The van der Waals surface area contributed by atoms with Gasteiger partial charge in [-0.1, -0.05) is 26.8 Å². The van der Waals surface area contributed by atoms with Gasteiger partial charge in [0.25, 0.3) is 0 Å². The van der Waals surface area contributed by atoms with E-state index in [0.717, 1.165) is 12.3 Å². The van der Waals surface area contributed by atoms with Gasteiger partial charge in [-0.05, 0) is 59.4 Å². The minimum atomic E-state index is 0.961. The Morgan fingerprint density at radius 3 is 2.18 bits per heavy atom. The number of rotatable bonds is 4. The summed E-state index contributed by atoms with van der Waals surface area (Å²) in [5.41, 5.74) is 0. The first-order valence-corrected chi connectivity index (χ1v) is 7.04. The molecule has 1 atom stereocenters. The van der Waals surface area contributed by atoms with Gasteiger partial charge in [-0.2, -0.15) is 0 Å². The van der Waals surface area contributed by atoms with E-state index in [4.69, 9.17) is 0 Å². The highest BCUT2D eigenvalue weighted by Crippen LogP contribution is 2.17. The predicted molar refractivity (Wildman–Crippen MR) is 80.6 cm³/mol. The Morgan fingerprint density at radius 1 is 1.35 bits per heavy atom. The van der Waals surface area contributed by atoms with Gasteiger partial charge in [-0.3, -0.25) is 0 Å². The molecule has 0 radical (unpaired) electrons. The molecule has 1 unspecified atom stereocenters. The second kappa shape index (κ2) is 13.7. The Balaban J connectivity index is 0. The quantitative estimate of drug-likeness (QED) is 0.696. The first-order chi connectivity index (χ1) is 8.10. The van der Waals surface area contributed by atoms with Crippen LogP contribution in [0.1, 0.15) is 40.0 Å². The minimum Gasteiger partial charge on any atom is -0.309 e. The van der Waals surface area contributed by atoms with Crippen LogP contribution >= 0.6 is 0 Å². The molecule has 1 aliphatic heterocycles. The smallest absolute Gasteiger partial charge is 0.000756 e. The molecule has 1 rings (SSSR count). The van der Waals surface area contributed by atoms with Gasteiger partial charge in [0.1, 0.15) is 0 Å². The standard InChI is InChI=1S/C9H20N2.C4H8.C2H6/c1-10(2)6-4-9-5-7-11(3)8-9;1-3-4-2;1-2/h9H,4-8H2,1-3H3;3H,1,4H2,2H3;1-2H3. The van der Waals surface area contributed by atoms with E-state index in [2.05, 4.69) is 44.4 Å². The summed E-state index contributed by atoms with van der Waals surface area (Å²) in [5, 5.41) is 0. The summed E-state index contributed by atoms with van der Waals surface area (Å²) in [6.45, 7) is 13.4. The molecule has 1 fully saturated rings. The Kier molecular flexibility index (Phi) is 15.3. The first kappa shape index (κ1) is 19.0. The molecule has 0 aromatic heterocycles. The lowest BCUT2D eigenvalue weighted by atomic mass is 10.1. The molecule has 1 saturated heterocycles. The lowest BCUT2D eigenvalue weighted by Crippen LogP contribution is -2.19. The van der Waals surface area contributed by atoms with E-state index in [-0.39, 0.29) is 0 Å². The fourth-order valence-corrected chi connectivity index (χ4v) is 1.70. The zero-order chi connectivity index (χ0) is 13.7. The van der Waals surface area contributed by atoms with Crippen molar-refractivity contribution < 1.29 is 0 Å². The summed E-state index contributed by atoms with van der Waals surface area (Å²) in [5.74, 6) is 0.961. The Bertz CT molecular complexity index is 155. The molecule has 1 heterocycles. The van der Waals surface area contributed by atoms with E-state index >= 15 is 0 Å². The van der Waals surface area contributed by atoms with E-state index in [1.807, 2.05) is 19.9 Å². The molecule has 17 heavy (non-hydrogen) atoms. The number of allylic oxidation sites excluding steroid dienone is 1. The second-order valence-electron chi connectivity index (χ2n) is 4.71. The molecule has 0 saturated carbocycles. The molecular formula is C15H34N2. The maximum atomic E-state index is 3.48. The van der Waals surface area contributed by atoms with Crippen LogP contribution in [-0.2, 0) is 0 Å². The fourth-order valence-electron chi connectivity index (χ4n) is 1.70. The lowest BCUT2D eigenvalue weighted by molar-refractivity contribution is 0.338. The third-order valence-corrected chi connectivity index (χ3v) is 2.76. The molecule has 0 N–H and O–H groups in total. The molecule has 0 bridgehead atoms. The van der Waals surface area contributed by atoms with E-state index in [1.165, 1.54) is 32.5 Å². The SMILES string of the molecule is C=CCC.CC.CN(C)CCC1CCN(C)C1. The summed E-state index contributed by atoms with van der Waals surface area (Å²) in [7, 11) is 6.52. The van der Waals surface area contributed by atoms with Gasteiger partial charge in [0.2, 0.25) is 0 Å². The van der Waals surface area contributed by atoms with Crippen molar-refractivity contribution in [2.45, 2.75) is 40.0 Å². The summed E-state index contributed by atoms with van der Waals surface area (Å²) in [6, 6.07) is 0. The van der Waals surface area contributed by atoms with Crippen LogP contribution in [0.4, 0.5) is 0 Å². The zero-order valence-corrected chi connectivity index (χ0v) is 13.0. The predicted octanol–water partition coefficient (Wildman–Crippen LogP) is 3.50. The molecular weight excluding hydrogens is 208 g/mol. The van der Waals surface area contributed by atoms with Gasteiger partial charge in [-0.25, -0.2) is 0 Å². The number of hydrogen-bond donors (Lipinski definition) is 0. The van der Waals surface area contributed by atoms with Crippen molar-refractivity contribution in [1.29, 1.82) is 0 Å². The van der Waals surface area contributed by atoms with Gasteiger partial charge >= 0.3 is 0 Å². The summed E-state index contributed by atoms with van der Waals surface area (Å²) < 4.78 is 0. The highest BCUT2D eigenvalue weighted by atomic mass is 15.1. The highest BCUT2D eigenvalue weighted by Gasteiger charge is 2.18. The molecule has 2 heteroatoms. The van der Waals surface area contributed by atoms with Gasteiger partial charge in [0.15, 0.2) is 0 Å². The van der Waals surface area contributed by atoms with Crippen LogP contribution in [0.25, 0.3) is 0 Å². The van der Waals surface area contributed by atoms with Gasteiger partial charge in [0, 0.05) is 6.54 Å². The Morgan fingerprint density at radius 2 is 1.88 bits per heavy atom. The average molecular weight is 242 g/mol. The van der Waals surface area contributed by atoms with Crippen LogP contribution in [-0.4, -0.2) is 50.6 Å². The van der Waals surface area contributed by atoms with E-state index in [0.29, 0.717) is 0 Å². The normalized spacial score (nSPS) is 19.1. The lowest BCUT2D eigenvalue weighted by Gasteiger charge is -2.13. The number of nitrogens with zero attached hydrogens (tertiary/aromatic N) is 2. The average Bonchev–Trinajstić information content (AvgIpc) is 2.75. The largest absolute Gasteiger partial charge is 0.309 e. The molecule has 0 aromatic carbocycles. The third kappa shape index (κ3) is 13.6. The molecule has 0 amide bonds. The third-order valence-electron chi connectivity index (χ3n) is 2.76. The monoisotopic (exact) mass is 242 g/mol. The maximum Gasteiger partial charge on any atom is 0.000756 e. The van der Waals surface area contributed by atoms with Gasteiger partial charge in [-0.15, -0.1) is 6.58 Å². The summed E-state index contributed by atoms with van der Waals surface area (Å²) in [4.78, 5) is 4.71. The van der Waals surface area contributed by atoms with Crippen molar-refractivity contribution in [2.24, 2.45) is 5.92 Å². The van der Waals surface area contributed by atoms with Gasteiger partial charge < -0.3 is 9.80 Å². The topological polar surface area (TPSA) is 6.48 Å².